The smallest absolute Gasteiger partial charge is 0.280 e. The van der Waals surface area contributed by atoms with Gasteiger partial charge in [0.1, 0.15) is 5.82 Å². The summed E-state index contributed by atoms with van der Waals surface area (Å²) in [6, 6.07) is 17.4. The van der Waals surface area contributed by atoms with E-state index in [0.29, 0.717) is 29.7 Å². The lowest BCUT2D eigenvalue weighted by atomic mass is 10.1. The van der Waals surface area contributed by atoms with Gasteiger partial charge in [0.25, 0.3) is 11.8 Å². The van der Waals surface area contributed by atoms with Crippen molar-refractivity contribution in [3.8, 4) is 0 Å². The SMILES string of the molecule is CC=NN(C(=O)c1cc(Br)ccc1NC(=O)c1cccc(CN(CC(C)O)CC(C)O)c1)c1cccc(F)c1. The Hall–Kier alpha value is -3.44. The predicted molar refractivity (Wildman–Crippen MR) is 155 cm³/mol. The lowest BCUT2D eigenvalue weighted by Gasteiger charge is -2.25. The highest BCUT2D eigenvalue weighted by molar-refractivity contribution is 9.10. The molecule has 0 heterocycles. The van der Waals surface area contributed by atoms with E-state index >= 15 is 0 Å². The predicted octanol–water partition coefficient (Wildman–Crippen LogP) is 5.06. The number of benzene rings is 3. The minimum Gasteiger partial charge on any atom is -0.392 e. The van der Waals surface area contributed by atoms with Crippen LogP contribution in [-0.2, 0) is 6.54 Å². The Balaban J connectivity index is 1.87. The van der Waals surface area contributed by atoms with Gasteiger partial charge in [-0.2, -0.15) is 10.1 Å². The molecule has 0 saturated heterocycles. The molecule has 39 heavy (non-hydrogen) atoms. The largest absolute Gasteiger partial charge is 0.392 e. The van der Waals surface area contributed by atoms with Gasteiger partial charge in [-0.15, -0.1) is 0 Å². The molecule has 0 aliphatic rings. The lowest BCUT2D eigenvalue weighted by Crippen LogP contribution is -2.35. The topological polar surface area (TPSA) is 105 Å². The number of nitrogens with one attached hydrogen (secondary N) is 1. The fraction of sp³-hybridized carbons (Fsp3) is 0.276. The van der Waals surface area contributed by atoms with Crippen LogP contribution in [0.2, 0.25) is 0 Å². The van der Waals surface area contributed by atoms with Gasteiger partial charge in [0.05, 0.1) is 29.1 Å². The van der Waals surface area contributed by atoms with Crippen LogP contribution in [-0.4, -0.2) is 58.4 Å². The second-order valence-electron chi connectivity index (χ2n) is 9.21. The Morgan fingerprint density at radius 1 is 1.03 bits per heavy atom. The molecule has 0 aliphatic carbocycles. The standard InChI is InChI=1S/C29H32BrFN4O4/c1-4-32-35(25-10-6-9-24(31)15-25)29(39)26-14-23(30)11-12-27(26)33-28(38)22-8-5-7-21(13-22)18-34(16-19(2)36)17-20(3)37/h4-15,19-20,36-37H,16-18H2,1-3H3,(H,33,38). The van der Waals surface area contributed by atoms with Crippen molar-refractivity contribution in [2.75, 3.05) is 23.4 Å². The van der Waals surface area contributed by atoms with Crippen LogP contribution in [0.1, 0.15) is 47.1 Å². The maximum Gasteiger partial charge on any atom is 0.280 e. The van der Waals surface area contributed by atoms with E-state index < -0.39 is 29.8 Å². The molecule has 10 heteroatoms. The molecule has 0 aliphatic heterocycles. The van der Waals surface area contributed by atoms with E-state index in [9.17, 15) is 24.2 Å². The van der Waals surface area contributed by atoms with Crippen molar-refractivity contribution in [3.05, 3.63) is 93.7 Å². The quantitative estimate of drug-likeness (QED) is 0.211. The summed E-state index contributed by atoms with van der Waals surface area (Å²) in [5, 5.41) is 27.6. The Morgan fingerprint density at radius 2 is 1.72 bits per heavy atom. The number of halogens is 2. The lowest BCUT2D eigenvalue weighted by molar-refractivity contribution is 0.0793. The minimum atomic E-state index is -0.576. The molecule has 3 N–H and O–H groups in total. The molecule has 2 amide bonds. The number of carbonyl (C=O) groups excluding carboxylic acids is 2. The molecule has 0 bridgehead atoms. The molecule has 0 fully saturated rings. The van der Waals surface area contributed by atoms with Crippen molar-refractivity contribution in [1.82, 2.24) is 4.90 Å². The first-order valence-electron chi connectivity index (χ1n) is 12.4. The molecule has 0 aromatic heterocycles. The molecule has 0 saturated carbocycles. The molecule has 8 nitrogen and oxygen atoms in total. The first-order valence-corrected chi connectivity index (χ1v) is 13.2. The Bertz CT molecular complexity index is 1320. The van der Waals surface area contributed by atoms with Gasteiger partial charge in [-0.3, -0.25) is 14.5 Å². The monoisotopic (exact) mass is 598 g/mol. The van der Waals surface area contributed by atoms with Crippen molar-refractivity contribution >= 4 is 45.3 Å². The summed E-state index contributed by atoms with van der Waals surface area (Å²) in [5.41, 5.74) is 1.85. The van der Waals surface area contributed by atoms with E-state index in [0.717, 1.165) is 10.6 Å². The van der Waals surface area contributed by atoms with Gasteiger partial charge in [-0.1, -0.05) is 34.1 Å². The van der Waals surface area contributed by atoms with Crippen LogP contribution in [0.15, 0.2) is 76.3 Å². The number of carbonyl (C=O) groups is 2. The fourth-order valence-corrected chi connectivity index (χ4v) is 4.45. The van der Waals surface area contributed by atoms with Gasteiger partial charge in [0.2, 0.25) is 0 Å². The maximum absolute atomic E-state index is 13.9. The molecular weight excluding hydrogens is 567 g/mol. The highest BCUT2D eigenvalue weighted by atomic mass is 79.9. The van der Waals surface area contributed by atoms with Crippen LogP contribution in [0, 0.1) is 5.82 Å². The summed E-state index contributed by atoms with van der Waals surface area (Å²) >= 11 is 3.38. The summed E-state index contributed by atoms with van der Waals surface area (Å²) in [4.78, 5) is 28.7. The molecule has 206 valence electrons. The van der Waals surface area contributed by atoms with Crippen molar-refractivity contribution in [2.45, 2.75) is 39.5 Å². The zero-order chi connectivity index (χ0) is 28.5. The zero-order valence-electron chi connectivity index (χ0n) is 22.0. The van der Waals surface area contributed by atoms with Crippen molar-refractivity contribution < 1.29 is 24.2 Å². The zero-order valence-corrected chi connectivity index (χ0v) is 23.6. The Kier molecular flexibility index (Phi) is 10.9. The first kappa shape index (κ1) is 30.1. The van der Waals surface area contributed by atoms with Crippen LogP contribution < -0.4 is 10.3 Å². The Labute approximate surface area is 235 Å². The summed E-state index contributed by atoms with van der Waals surface area (Å²) < 4.78 is 14.5. The molecule has 2 atom stereocenters. The fourth-order valence-electron chi connectivity index (χ4n) is 4.09. The van der Waals surface area contributed by atoms with E-state index in [-0.39, 0.29) is 16.9 Å². The van der Waals surface area contributed by atoms with Gasteiger partial charge >= 0.3 is 0 Å². The van der Waals surface area contributed by atoms with Crippen molar-refractivity contribution in [3.63, 3.8) is 0 Å². The number of nitrogens with zero attached hydrogens (tertiary/aromatic N) is 3. The normalized spacial score (nSPS) is 12.9. The van der Waals surface area contributed by atoms with E-state index in [2.05, 4.69) is 26.3 Å². The second-order valence-corrected chi connectivity index (χ2v) is 10.1. The molecule has 0 spiro atoms. The molecule has 2 unspecified atom stereocenters. The molecule has 3 rings (SSSR count). The van der Waals surface area contributed by atoms with E-state index in [1.54, 1.807) is 63.2 Å². The van der Waals surface area contributed by atoms with Gasteiger partial charge in [0.15, 0.2) is 0 Å². The summed E-state index contributed by atoms with van der Waals surface area (Å²) in [7, 11) is 0. The van der Waals surface area contributed by atoms with Crippen LogP contribution in [0.25, 0.3) is 0 Å². The number of rotatable bonds is 11. The third-order valence-corrected chi connectivity index (χ3v) is 6.07. The van der Waals surface area contributed by atoms with Crippen LogP contribution >= 0.6 is 15.9 Å². The van der Waals surface area contributed by atoms with Gasteiger partial charge in [-0.05, 0) is 74.9 Å². The van der Waals surface area contributed by atoms with E-state index in [1.165, 1.54) is 24.4 Å². The minimum absolute atomic E-state index is 0.156. The first-order chi connectivity index (χ1) is 18.6. The van der Waals surface area contributed by atoms with Crippen LogP contribution in [0.3, 0.4) is 0 Å². The van der Waals surface area contributed by atoms with Gasteiger partial charge < -0.3 is 15.5 Å². The number of aliphatic hydroxyl groups is 2. The number of hydrogen-bond donors (Lipinski definition) is 3. The molecular formula is C29H32BrFN4O4. The summed E-state index contributed by atoms with van der Waals surface area (Å²) in [5.74, 6) is -1.50. The number of hydrazone groups is 1. The summed E-state index contributed by atoms with van der Waals surface area (Å²) in [6.45, 7) is 6.16. The number of amides is 2. The van der Waals surface area contributed by atoms with Crippen molar-refractivity contribution in [1.29, 1.82) is 0 Å². The molecule has 3 aromatic carbocycles. The number of hydrogen-bond acceptors (Lipinski definition) is 6. The third kappa shape index (κ3) is 8.79. The third-order valence-electron chi connectivity index (χ3n) is 5.58. The highest BCUT2D eigenvalue weighted by Gasteiger charge is 2.22. The Morgan fingerprint density at radius 3 is 2.36 bits per heavy atom. The highest BCUT2D eigenvalue weighted by Crippen LogP contribution is 2.26. The average molecular weight is 600 g/mol. The van der Waals surface area contributed by atoms with E-state index in [4.69, 9.17) is 0 Å². The second kappa shape index (κ2) is 14.1. The van der Waals surface area contributed by atoms with Crippen molar-refractivity contribution in [2.24, 2.45) is 5.10 Å². The summed E-state index contributed by atoms with van der Waals surface area (Å²) in [6.07, 6.45) is 0.267. The van der Waals surface area contributed by atoms with E-state index in [1.807, 2.05) is 11.0 Å². The van der Waals surface area contributed by atoms with Gasteiger partial charge in [0, 0.05) is 35.9 Å². The number of anilines is 2. The van der Waals surface area contributed by atoms with Crippen LogP contribution in [0.4, 0.5) is 15.8 Å². The number of aliphatic hydroxyl groups excluding tert-OH is 2. The molecule has 3 aromatic rings. The molecule has 0 radical (unpaired) electrons. The average Bonchev–Trinajstić information content (AvgIpc) is 2.87. The van der Waals surface area contributed by atoms with Crippen LogP contribution in [0.5, 0.6) is 0 Å². The maximum atomic E-state index is 13.9. The van der Waals surface area contributed by atoms with Gasteiger partial charge in [-0.25, -0.2) is 4.39 Å².